The normalized spacial score (nSPS) is 12.0. The number of ether oxygens (including phenoxy) is 2. The predicted molar refractivity (Wildman–Crippen MR) is 123 cm³/mol. The van der Waals surface area contributed by atoms with Crippen molar-refractivity contribution in [2.75, 3.05) is 19.1 Å². The van der Waals surface area contributed by atoms with E-state index in [-0.39, 0.29) is 18.4 Å². The topological polar surface area (TPSA) is 60.5 Å². The van der Waals surface area contributed by atoms with E-state index in [0.29, 0.717) is 29.4 Å². The summed E-state index contributed by atoms with van der Waals surface area (Å²) in [7, 11) is 1.38. The Kier molecular flexibility index (Phi) is 8.51. The van der Waals surface area contributed by atoms with Gasteiger partial charge in [0, 0.05) is 34.1 Å². The number of esters is 1. The molecule has 0 radical (unpaired) electrons. The van der Waals surface area contributed by atoms with Gasteiger partial charge in [0.15, 0.2) is 0 Å². The van der Waals surface area contributed by atoms with E-state index in [4.69, 9.17) is 21.1 Å². The highest BCUT2D eigenvalue weighted by atomic mass is 35.5. The highest BCUT2D eigenvalue weighted by Gasteiger charge is 2.19. The molecule has 0 aliphatic heterocycles. The first-order valence-corrected chi connectivity index (χ1v) is 11.5. The fourth-order valence-electron chi connectivity index (χ4n) is 3.09. The molecular formula is C23H24ClFN2O3S. The lowest BCUT2D eigenvalue weighted by Crippen LogP contribution is -2.37. The molecule has 0 bridgehead atoms. The van der Waals surface area contributed by atoms with Gasteiger partial charge in [-0.05, 0) is 42.7 Å². The van der Waals surface area contributed by atoms with E-state index >= 15 is 0 Å². The lowest BCUT2D eigenvalue weighted by Gasteiger charge is -2.18. The number of aromatic nitrogens is 1. The fourth-order valence-corrected chi connectivity index (χ4v) is 3.76. The van der Waals surface area contributed by atoms with E-state index in [1.54, 1.807) is 23.9 Å². The third-order valence-corrected chi connectivity index (χ3v) is 5.79. The van der Waals surface area contributed by atoms with Gasteiger partial charge in [0.1, 0.15) is 18.5 Å². The lowest BCUT2D eigenvalue weighted by molar-refractivity contribution is -0.143. The van der Waals surface area contributed by atoms with Crippen LogP contribution in [-0.2, 0) is 22.7 Å². The lowest BCUT2D eigenvalue weighted by atomic mass is 10.1. The number of hydrogen-bond acceptors (Lipinski definition) is 6. The number of halogens is 2. The van der Waals surface area contributed by atoms with Crippen LogP contribution in [0.1, 0.15) is 17.5 Å². The molecule has 1 unspecified atom stereocenters. The number of carbonyl (C=O) groups is 1. The van der Waals surface area contributed by atoms with Gasteiger partial charge < -0.3 is 14.8 Å². The van der Waals surface area contributed by atoms with Crippen LogP contribution in [0, 0.1) is 5.82 Å². The molecule has 0 amide bonds. The van der Waals surface area contributed by atoms with Crippen LogP contribution in [0.25, 0.3) is 10.9 Å². The minimum Gasteiger partial charge on any atom is -0.472 e. The van der Waals surface area contributed by atoms with E-state index in [1.165, 1.54) is 19.2 Å². The SMILES string of the molecule is COC(=O)C(CCSC)NCc1cc2ccc(F)cc2nc1OCc1ccccc1Cl. The van der Waals surface area contributed by atoms with E-state index in [0.717, 1.165) is 22.3 Å². The largest absolute Gasteiger partial charge is 0.472 e. The first-order valence-electron chi connectivity index (χ1n) is 9.77. The third kappa shape index (κ3) is 6.32. The average molecular weight is 463 g/mol. The number of benzene rings is 2. The molecule has 1 N–H and O–H groups in total. The number of thioether (sulfide) groups is 1. The molecule has 8 heteroatoms. The molecule has 164 valence electrons. The van der Waals surface area contributed by atoms with Crippen LogP contribution in [-0.4, -0.2) is 36.1 Å². The smallest absolute Gasteiger partial charge is 0.322 e. The summed E-state index contributed by atoms with van der Waals surface area (Å²) < 4.78 is 24.6. The number of hydrogen-bond donors (Lipinski definition) is 1. The van der Waals surface area contributed by atoms with E-state index < -0.39 is 6.04 Å². The van der Waals surface area contributed by atoms with Crippen LogP contribution in [0.3, 0.4) is 0 Å². The number of pyridine rings is 1. The summed E-state index contributed by atoms with van der Waals surface area (Å²) >= 11 is 7.89. The van der Waals surface area contributed by atoms with Gasteiger partial charge in [-0.15, -0.1) is 0 Å². The highest BCUT2D eigenvalue weighted by Crippen LogP contribution is 2.25. The van der Waals surface area contributed by atoms with Crippen molar-refractivity contribution < 1.29 is 18.7 Å². The summed E-state index contributed by atoms with van der Waals surface area (Å²) in [6, 6.07) is 13.3. The van der Waals surface area contributed by atoms with Crippen LogP contribution < -0.4 is 10.1 Å². The average Bonchev–Trinajstić information content (AvgIpc) is 2.78. The maximum Gasteiger partial charge on any atom is 0.322 e. The van der Waals surface area contributed by atoms with E-state index in [2.05, 4.69) is 10.3 Å². The number of methoxy groups -OCH3 is 1. The molecule has 2 aromatic carbocycles. The zero-order valence-electron chi connectivity index (χ0n) is 17.4. The van der Waals surface area contributed by atoms with Crippen LogP contribution >= 0.6 is 23.4 Å². The molecule has 31 heavy (non-hydrogen) atoms. The quantitative estimate of drug-likeness (QED) is 0.428. The Hall–Kier alpha value is -2.35. The van der Waals surface area contributed by atoms with Crippen molar-refractivity contribution in [1.29, 1.82) is 0 Å². The molecule has 0 spiro atoms. The second-order valence-corrected chi connectivity index (χ2v) is 8.30. The summed E-state index contributed by atoms with van der Waals surface area (Å²) in [4.78, 5) is 16.6. The molecule has 0 saturated carbocycles. The van der Waals surface area contributed by atoms with E-state index in [1.807, 2.05) is 30.5 Å². The van der Waals surface area contributed by atoms with Crippen LogP contribution in [0.15, 0.2) is 48.5 Å². The van der Waals surface area contributed by atoms with Gasteiger partial charge in [0.05, 0.1) is 12.6 Å². The number of nitrogens with zero attached hydrogens (tertiary/aromatic N) is 1. The summed E-state index contributed by atoms with van der Waals surface area (Å²) in [6.07, 6.45) is 2.62. The zero-order chi connectivity index (χ0) is 22.2. The van der Waals surface area contributed by atoms with Crippen LogP contribution in [0.4, 0.5) is 4.39 Å². The third-order valence-electron chi connectivity index (χ3n) is 4.78. The van der Waals surface area contributed by atoms with Gasteiger partial charge in [-0.25, -0.2) is 9.37 Å². The Labute approximate surface area is 190 Å². The molecule has 0 aliphatic carbocycles. The monoisotopic (exact) mass is 462 g/mol. The Morgan fingerprint density at radius 1 is 1.23 bits per heavy atom. The van der Waals surface area contributed by atoms with Crippen molar-refractivity contribution in [3.63, 3.8) is 0 Å². The Bertz CT molecular complexity index is 1050. The number of rotatable bonds is 10. The fraction of sp³-hybridized carbons (Fsp3) is 0.304. The summed E-state index contributed by atoms with van der Waals surface area (Å²) in [5.74, 6) is 0.492. The minimum absolute atomic E-state index is 0.216. The van der Waals surface area contributed by atoms with Crippen molar-refractivity contribution in [1.82, 2.24) is 10.3 Å². The molecular weight excluding hydrogens is 439 g/mol. The van der Waals surface area contributed by atoms with Crippen molar-refractivity contribution >= 4 is 40.2 Å². The second-order valence-electron chi connectivity index (χ2n) is 6.91. The second kappa shape index (κ2) is 11.3. The number of fused-ring (bicyclic) bond motifs is 1. The Balaban J connectivity index is 1.86. The van der Waals surface area contributed by atoms with Gasteiger partial charge in [-0.3, -0.25) is 4.79 Å². The molecule has 3 aromatic rings. The number of carbonyl (C=O) groups excluding carboxylic acids is 1. The molecule has 3 rings (SSSR count). The zero-order valence-corrected chi connectivity index (χ0v) is 18.9. The Morgan fingerprint density at radius 3 is 2.77 bits per heavy atom. The summed E-state index contributed by atoms with van der Waals surface area (Å²) in [5, 5.41) is 4.61. The molecule has 1 aromatic heterocycles. The summed E-state index contributed by atoms with van der Waals surface area (Å²) in [6.45, 7) is 0.555. The molecule has 0 aliphatic rings. The maximum atomic E-state index is 13.7. The standard InChI is InChI=1S/C23H24ClFN2O3S/c1-29-23(28)20(9-10-31-2)26-13-17-11-15-7-8-18(25)12-21(15)27-22(17)30-14-16-5-3-4-6-19(16)24/h3-8,11-12,20,26H,9-10,13-14H2,1-2H3. The van der Waals surface area contributed by atoms with Crippen molar-refractivity contribution in [3.05, 3.63) is 70.5 Å². The van der Waals surface area contributed by atoms with Crippen molar-refractivity contribution in [2.24, 2.45) is 0 Å². The maximum absolute atomic E-state index is 13.7. The van der Waals surface area contributed by atoms with Gasteiger partial charge in [-0.1, -0.05) is 29.8 Å². The predicted octanol–water partition coefficient (Wildman–Crippen LogP) is 4.99. The Morgan fingerprint density at radius 2 is 2.03 bits per heavy atom. The van der Waals surface area contributed by atoms with Crippen LogP contribution in [0.5, 0.6) is 5.88 Å². The highest BCUT2D eigenvalue weighted by molar-refractivity contribution is 7.98. The minimum atomic E-state index is -0.446. The van der Waals surface area contributed by atoms with Crippen molar-refractivity contribution in [2.45, 2.75) is 25.6 Å². The van der Waals surface area contributed by atoms with E-state index in [9.17, 15) is 9.18 Å². The van der Waals surface area contributed by atoms with Gasteiger partial charge >= 0.3 is 5.97 Å². The van der Waals surface area contributed by atoms with Crippen LogP contribution in [0.2, 0.25) is 5.02 Å². The van der Waals surface area contributed by atoms with Gasteiger partial charge in [-0.2, -0.15) is 11.8 Å². The molecule has 1 atom stereocenters. The molecule has 0 saturated heterocycles. The molecule has 0 fully saturated rings. The molecule has 1 heterocycles. The summed E-state index contributed by atoms with van der Waals surface area (Å²) in [5.41, 5.74) is 2.06. The van der Waals surface area contributed by atoms with Crippen molar-refractivity contribution in [3.8, 4) is 5.88 Å². The molecule has 5 nitrogen and oxygen atoms in total. The van der Waals surface area contributed by atoms with Gasteiger partial charge in [0.25, 0.3) is 0 Å². The number of nitrogens with one attached hydrogen (secondary N) is 1. The first-order chi connectivity index (χ1) is 15.0. The van der Waals surface area contributed by atoms with Gasteiger partial charge in [0.2, 0.25) is 5.88 Å². The first kappa shape index (κ1) is 23.3.